The van der Waals surface area contributed by atoms with Crippen molar-refractivity contribution in [2.45, 2.75) is 0 Å². The standard InChI is InChI=1S/C24H10FN3O2S/c25-15-7-5-13(6-8-15)24-28-23-20(31-24)10-16(30-23)9-19-21(14(11-26)12-27)17-3-1-2-4-18(17)22(19)29/h1-10H/b19-9-. The van der Waals surface area contributed by atoms with Crippen LogP contribution in [0, 0.1) is 28.5 Å². The molecule has 5 nitrogen and oxygen atoms in total. The van der Waals surface area contributed by atoms with Gasteiger partial charge in [0.2, 0.25) is 5.71 Å². The Morgan fingerprint density at radius 1 is 1.06 bits per heavy atom. The average molecular weight is 423 g/mol. The number of ketones is 1. The van der Waals surface area contributed by atoms with Crippen LogP contribution in [0.25, 0.3) is 32.6 Å². The van der Waals surface area contributed by atoms with E-state index >= 15 is 0 Å². The van der Waals surface area contributed by atoms with Gasteiger partial charge in [-0.2, -0.15) is 10.5 Å². The molecule has 2 heterocycles. The molecule has 1 aliphatic rings. The van der Waals surface area contributed by atoms with E-state index in [1.54, 1.807) is 42.5 Å². The van der Waals surface area contributed by atoms with Crippen LogP contribution >= 0.6 is 11.3 Å². The van der Waals surface area contributed by atoms with Gasteiger partial charge in [0.05, 0.1) is 4.70 Å². The van der Waals surface area contributed by atoms with E-state index in [0.29, 0.717) is 33.2 Å². The van der Waals surface area contributed by atoms with E-state index in [2.05, 4.69) is 4.98 Å². The van der Waals surface area contributed by atoms with Crippen LogP contribution in [0.5, 0.6) is 0 Å². The van der Waals surface area contributed by atoms with Crippen LogP contribution in [0.1, 0.15) is 21.7 Å². The highest BCUT2D eigenvalue weighted by molar-refractivity contribution is 7.21. The molecule has 0 unspecified atom stereocenters. The molecule has 0 N–H and O–H groups in total. The largest absolute Gasteiger partial charge is 0.437 e. The lowest BCUT2D eigenvalue weighted by Gasteiger charge is -2.00. The van der Waals surface area contributed by atoms with E-state index in [1.807, 2.05) is 12.1 Å². The summed E-state index contributed by atoms with van der Waals surface area (Å²) in [5.74, 6) is -0.199. The number of rotatable bonds is 2. The maximum atomic E-state index is 13.1. The number of thiazole rings is 1. The van der Waals surface area contributed by atoms with Crippen molar-refractivity contribution < 1.29 is 13.6 Å². The number of halogens is 1. The summed E-state index contributed by atoms with van der Waals surface area (Å²) < 4.78 is 19.7. The quantitative estimate of drug-likeness (QED) is 0.301. The molecule has 0 saturated heterocycles. The van der Waals surface area contributed by atoms with Crippen LogP contribution < -0.4 is 0 Å². The van der Waals surface area contributed by atoms with Gasteiger partial charge in [0.1, 0.15) is 34.3 Å². The third-order valence-corrected chi connectivity index (χ3v) is 5.95. The van der Waals surface area contributed by atoms with Crippen molar-refractivity contribution in [1.29, 1.82) is 10.5 Å². The molecule has 0 bridgehead atoms. The minimum absolute atomic E-state index is 0.130. The molecule has 0 atom stereocenters. The van der Waals surface area contributed by atoms with Gasteiger partial charge in [0.15, 0.2) is 5.78 Å². The Balaban J connectivity index is 1.60. The third-order valence-electron chi connectivity index (χ3n) is 4.91. The molecular weight excluding hydrogens is 413 g/mol. The maximum absolute atomic E-state index is 13.1. The smallest absolute Gasteiger partial charge is 0.238 e. The maximum Gasteiger partial charge on any atom is 0.238 e. The second kappa shape index (κ2) is 7.17. The van der Waals surface area contributed by atoms with E-state index in [0.717, 1.165) is 10.3 Å². The van der Waals surface area contributed by atoms with E-state index in [9.17, 15) is 19.7 Å². The minimum atomic E-state index is -0.321. The van der Waals surface area contributed by atoms with Gasteiger partial charge in [-0.1, -0.05) is 24.3 Å². The fourth-order valence-electron chi connectivity index (χ4n) is 3.53. The molecule has 146 valence electrons. The summed E-state index contributed by atoms with van der Waals surface area (Å²) in [4.78, 5) is 17.4. The van der Waals surface area contributed by atoms with Gasteiger partial charge < -0.3 is 4.42 Å². The molecule has 0 radical (unpaired) electrons. The molecule has 2 aromatic carbocycles. The van der Waals surface area contributed by atoms with Gasteiger partial charge >= 0.3 is 0 Å². The summed E-state index contributed by atoms with van der Waals surface area (Å²) in [6.07, 6.45) is 1.54. The van der Waals surface area contributed by atoms with Gasteiger partial charge in [0.25, 0.3) is 0 Å². The Morgan fingerprint density at radius 2 is 1.77 bits per heavy atom. The zero-order valence-electron chi connectivity index (χ0n) is 15.7. The molecule has 31 heavy (non-hydrogen) atoms. The van der Waals surface area contributed by atoms with Crippen molar-refractivity contribution >= 4 is 39.2 Å². The lowest BCUT2D eigenvalue weighted by molar-refractivity contribution is 0.104. The van der Waals surface area contributed by atoms with Crippen molar-refractivity contribution in [3.63, 3.8) is 0 Å². The zero-order chi connectivity index (χ0) is 21.5. The van der Waals surface area contributed by atoms with Gasteiger partial charge in [0, 0.05) is 28.3 Å². The zero-order valence-corrected chi connectivity index (χ0v) is 16.5. The van der Waals surface area contributed by atoms with Gasteiger partial charge in [-0.25, -0.2) is 9.37 Å². The Labute approximate surface area is 179 Å². The van der Waals surface area contributed by atoms with E-state index in [4.69, 9.17) is 4.42 Å². The number of furan rings is 1. The number of Topliss-reactive ketones (excluding diaryl/α,β-unsaturated/α-hetero) is 1. The highest BCUT2D eigenvalue weighted by atomic mass is 32.1. The number of benzene rings is 2. The van der Waals surface area contributed by atoms with Gasteiger partial charge in [-0.05, 0) is 35.9 Å². The van der Waals surface area contributed by atoms with E-state index in [1.165, 1.54) is 29.5 Å². The van der Waals surface area contributed by atoms with Crippen LogP contribution in [0.2, 0.25) is 0 Å². The number of nitrogens with zero attached hydrogens (tertiary/aromatic N) is 3. The minimum Gasteiger partial charge on any atom is -0.437 e. The molecule has 2 aromatic heterocycles. The molecule has 4 aromatic rings. The highest BCUT2D eigenvalue weighted by Gasteiger charge is 2.32. The summed E-state index contributed by atoms with van der Waals surface area (Å²) in [6, 6.07) is 18.4. The molecule has 0 fully saturated rings. The van der Waals surface area contributed by atoms with Crippen LogP contribution in [-0.4, -0.2) is 10.8 Å². The monoisotopic (exact) mass is 423 g/mol. The number of nitriles is 2. The third kappa shape index (κ3) is 3.05. The van der Waals surface area contributed by atoms with Crippen LogP contribution in [0.15, 0.2) is 70.2 Å². The van der Waals surface area contributed by atoms with Crippen LogP contribution in [0.4, 0.5) is 4.39 Å². The number of hydrogen-bond donors (Lipinski definition) is 0. The molecule has 0 aliphatic heterocycles. The Bertz CT molecular complexity index is 1480. The first kappa shape index (κ1) is 18.7. The number of carbonyl (C=O) groups is 1. The fraction of sp³-hybridized carbons (Fsp3) is 0. The van der Waals surface area contributed by atoms with Gasteiger partial charge in [-0.3, -0.25) is 4.79 Å². The first-order valence-corrected chi connectivity index (χ1v) is 9.97. The first-order chi connectivity index (χ1) is 15.1. The lowest BCUT2D eigenvalue weighted by Crippen LogP contribution is -1.95. The molecule has 7 heteroatoms. The van der Waals surface area contributed by atoms with E-state index < -0.39 is 0 Å². The SMILES string of the molecule is N#CC(C#N)=C1/C(=C/c2cc3sc(-c4ccc(F)cc4)nc3o2)C(=O)c2ccccc21. The van der Waals surface area contributed by atoms with Crippen molar-refractivity contribution in [2.24, 2.45) is 0 Å². The van der Waals surface area contributed by atoms with E-state index in [-0.39, 0.29) is 22.7 Å². The molecule has 0 saturated carbocycles. The second-order valence-electron chi connectivity index (χ2n) is 6.75. The van der Waals surface area contributed by atoms with Crippen LogP contribution in [0.3, 0.4) is 0 Å². The van der Waals surface area contributed by atoms with Gasteiger partial charge in [-0.15, -0.1) is 11.3 Å². The highest BCUT2D eigenvalue weighted by Crippen LogP contribution is 2.40. The van der Waals surface area contributed by atoms with Crippen molar-refractivity contribution in [2.75, 3.05) is 0 Å². The molecule has 0 spiro atoms. The molecule has 1 aliphatic carbocycles. The van der Waals surface area contributed by atoms with Crippen molar-refractivity contribution in [3.05, 3.63) is 88.4 Å². The predicted octanol–water partition coefficient (Wildman–Crippen LogP) is 5.78. The van der Waals surface area contributed by atoms with Crippen LogP contribution in [-0.2, 0) is 0 Å². The number of hydrogen-bond acceptors (Lipinski definition) is 6. The Hall–Kier alpha value is -4.33. The normalized spacial score (nSPS) is 14.0. The summed E-state index contributed by atoms with van der Waals surface area (Å²) in [5, 5.41) is 19.5. The molecule has 0 amide bonds. The van der Waals surface area contributed by atoms with Crippen molar-refractivity contribution in [3.8, 4) is 22.7 Å². The summed E-state index contributed by atoms with van der Waals surface area (Å²) in [7, 11) is 0. The lowest BCUT2D eigenvalue weighted by atomic mass is 9.99. The topological polar surface area (TPSA) is 90.7 Å². The molecule has 5 rings (SSSR count). The Kier molecular flexibility index (Phi) is 4.32. The number of aromatic nitrogens is 1. The first-order valence-electron chi connectivity index (χ1n) is 9.16. The summed E-state index contributed by atoms with van der Waals surface area (Å²) in [6.45, 7) is 0. The Morgan fingerprint density at radius 3 is 2.45 bits per heavy atom. The average Bonchev–Trinajstić information content (AvgIpc) is 3.42. The number of allylic oxidation sites excluding steroid dienone is 3. The predicted molar refractivity (Wildman–Crippen MR) is 114 cm³/mol. The molecular formula is C24H10FN3O2S. The van der Waals surface area contributed by atoms with Crippen molar-refractivity contribution in [1.82, 2.24) is 4.98 Å². The second-order valence-corrected chi connectivity index (χ2v) is 7.78. The fourth-order valence-corrected chi connectivity index (χ4v) is 4.47. The summed E-state index contributed by atoms with van der Waals surface area (Å²) >= 11 is 1.38. The number of fused-ring (bicyclic) bond motifs is 2. The number of carbonyl (C=O) groups excluding carboxylic acids is 1. The summed E-state index contributed by atoms with van der Waals surface area (Å²) in [5.41, 5.74) is 2.58.